The van der Waals surface area contributed by atoms with Gasteiger partial charge in [0.05, 0.1) is 0 Å². The summed E-state index contributed by atoms with van der Waals surface area (Å²) in [7, 11) is 0. The summed E-state index contributed by atoms with van der Waals surface area (Å²) in [4.78, 5) is 24.9. The SMILES string of the molecule is Cc1cc(C)nc(Nc2ccc(C(=O)NCCSc3ncn[nH]3)cc2)n1. The Labute approximate surface area is 155 Å². The van der Waals surface area contributed by atoms with E-state index in [4.69, 9.17) is 0 Å². The zero-order chi connectivity index (χ0) is 18.4. The molecule has 3 aromatic rings. The van der Waals surface area contributed by atoms with Gasteiger partial charge in [-0.05, 0) is 44.2 Å². The van der Waals surface area contributed by atoms with Gasteiger partial charge in [0.2, 0.25) is 5.95 Å². The Hall–Kier alpha value is -2.94. The largest absolute Gasteiger partial charge is 0.351 e. The minimum absolute atomic E-state index is 0.114. The molecule has 0 radical (unpaired) electrons. The third kappa shape index (κ3) is 5.03. The summed E-state index contributed by atoms with van der Waals surface area (Å²) in [5.41, 5.74) is 3.23. The molecule has 1 amide bonds. The summed E-state index contributed by atoms with van der Waals surface area (Å²) in [5, 5.41) is 13.3. The van der Waals surface area contributed by atoms with Gasteiger partial charge in [0.15, 0.2) is 5.16 Å². The molecule has 0 saturated carbocycles. The second-order valence-electron chi connectivity index (χ2n) is 5.57. The van der Waals surface area contributed by atoms with E-state index >= 15 is 0 Å². The van der Waals surface area contributed by atoms with Crippen molar-refractivity contribution in [1.29, 1.82) is 0 Å². The molecule has 0 aliphatic rings. The van der Waals surface area contributed by atoms with Crippen molar-refractivity contribution in [2.24, 2.45) is 0 Å². The second-order valence-corrected chi connectivity index (χ2v) is 6.66. The van der Waals surface area contributed by atoms with Crippen LogP contribution in [0.15, 0.2) is 41.8 Å². The molecule has 1 aromatic carbocycles. The van der Waals surface area contributed by atoms with Crippen LogP contribution >= 0.6 is 11.8 Å². The quantitative estimate of drug-likeness (QED) is 0.434. The summed E-state index contributed by atoms with van der Waals surface area (Å²) in [6.07, 6.45) is 1.46. The molecule has 0 atom stereocenters. The number of H-pyrrole nitrogens is 1. The van der Waals surface area contributed by atoms with Crippen LogP contribution in [0.3, 0.4) is 0 Å². The van der Waals surface area contributed by atoms with Gasteiger partial charge in [-0.3, -0.25) is 9.89 Å². The molecule has 0 aliphatic heterocycles. The second kappa shape index (κ2) is 8.43. The molecule has 8 nitrogen and oxygen atoms in total. The molecule has 2 aromatic heterocycles. The zero-order valence-corrected chi connectivity index (χ0v) is 15.3. The van der Waals surface area contributed by atoms with Crippen molar-refractivity contribution in [3.05, 3.63) is 53.6 Å². The standard InChI is InChI=1S/C17H19N7OS/c1-11-9-12(2)22-16(21-11)23-14-5-3-13(4-6-14)15(25)18-7-8-26-17-19-10-20-24-17/h3-6,9-10H,7-8H2,1-2H3,(H,18,25)(H,19,20,24)(H,21,22,23). The minimum Gasteiger partial charge on any atom is -0.351 e. The lowest BCUT2D eigenvalue weighted by Gasteiger charge is -2.08. The molecular weight excluding hydrogens is 350 g/mol. The molecule has 2 heterocycles. The molecule has 0 aliphatic carbocycles. The molecule has 9 heteroatoms. The van der Waals surface area contributed by atoms with Crippen LogP contribution in [-0.2, 0) is 0 Å². The molecule has 26 heavy (non-hydrogen) atoms. The van der Waals surface area contributed by atoms with Gasteiger partial charge in [-0.25, -0.2) is 15.0 Å². The number of benzene rings is 1. The Morgan fingerprint density at radius 2 is 1.88 bits per heavy atom. The van der Waals surface area contributed by atoms with Crippen molar-refractivity contribution in [3.8, 4) is 0 Å². The third-order valence-electron chi connectivity index (χ3n) is 3.40. The van der Waals surface area contributed by atoms with E-state index in [0.29, 0.717) is 23.8 Å². The summed E-state index contributed by atoms with van der Waals surface area (Å²) < 4.78 is 0. The lowest BCUT2D eigenvalue weighted by molar-refractivity contribution is 0.0956. The van der Waals surface area contributed by atoms with Gasteiger partial charge in [-0.15, -0.1) is 0 Å². The number of aromatic amines is 1. The van der Waals surface area contributed by atoms with Crippen LogP contribution in [-0.4, -0.2) is 43.4 Å². The van der Waals surface area contributed by atoms with Gasteiger partial charge in [0.1, 0.15) is 6.33 Å². The fraction of sp³-hybridized carbons (Fsp3) is 0.235. The first kappa shape index (κ1) is 17.9. The predicted octanol–water partition coefficient (Wildman–Crippen LogP) is 2.48. The Balaban J connectivity index is 1.50. The fourth-order valence-electron chi connectivity index (χ4n) is 2.29. The van der Waals surface area contributed by atoms with E-state index in [1.165, 1.54) is 18.1 Å². The number of thioether (sulfide) groups is 1. The van der Waals surface area contributed by atoms with Crippen molar-refractivity contribution in [1.82, 2.24) is 30.5 Å². The summed E-state index contributed by atoms with van der Waals surface area (Å²) in [6.45, 7) is 4.39. The number of rotatable bonds is 7. The number of aromatic nitrogens is 5. The monoisotopic (exact) mass is 369 g/mol. The number of hydrogen-bond acceptors (Lipinski definition) is 7. The van der Waals surface area contributed by atoms with Crippen LogP contribution < -0.4 is 10.6 Å². The Bertz CT molecular complexity index is 845. The van der Waals surface area contributed by atoms with Crippen LogP contribution in [0.4, 0.5) is 11.6 Å². The van der Waals surface area contributed by atoms with Gasteiger partial charge >= 0.3 is 0 Å². The maximum absolute atomic E-state index is 12.2. The molecule has 0 fully saturated rings. The van der Waals surface area contributed by atoms with E-state index < -0.39 is 0 Å². The average Bonchev–Trinajstić information content (AvgIpc) is 3.12. The van der Waals surface area contributed by atoms with Crippen LogP contribution in [0.2, 0.25) is 0 Å². The van der Waals surface area contributed by atoms with Gasteiger partial charge in [-0.2, -0.15) is 5.10 Å². The molecule has 0 spiro atoms. The molecule has 0 bridgehead atoms. The predicted molar refractivity (Wildman–Crippen MR) is 101 cm³/mol. The van der Waals surface area contributed by atoms with E-state index in [1.807, 2.05) is 32.0 Å². The zero-order valence-electron chi connectivity index (χ0n) is 14.5. The van der Waals surface area contributed by atoms with Crippen molar-refractivity contribution >= 4 is 29.3 Å². The van der Waals surface area contributed by atoms with Crippen molar-refractivity contribution in [3.63, 3.8) is 0 Å². The normalized spacial score (nSPS) is 10.5. The molecular formula is C17H19N7OS. The number of amides is 1. The molecule has 3 N–H and O–H groups in total. The van der Waals surface area contributed by atoms with Crippen molar-refractivity contribution in [2.75, 3.05) is 17.6 Å². The number of aryl methyl sites for hydroxylation is 2. The first-order valence-corrected chi connectivity index (χ1v) is 9.04. The number of anilines is 2. The molecule has 3 rings (SSSR count). The van der Waals surface area contributed by atoms with Crippen LogP contribution in [0, 0.1) is 13.8 Å². The van der Waals surface area contributed by atoms with E-state index in [0.717, 1.165) is 22.2 Å². The van der Waals surface area contributed by atoms with Crippen LogP contribution in [0.25, 0.3) is 0 Å². The number of nitrogens with zero attached hydrogens (tertiary/aromatic N) is 4. The van der Waals surface area contributed by atoms with E-state index in [1.54, 1.807) is 12.1 Å². The van der Waals surface area contributed by atoms with E-state index in [2.05, 4.69) is 35.8 Å². The highest BCUT2D eigenvalue weighted by atomic mass is 32.2. The summed E-state index contributed by atoms with van der Waals surface area (Å²) >= 11 is 1.50. The fourth-order valence-corrected chi connectivity index (χ4v) is 2.93. The lowest BCUT2D eigenvalue weighted by atomic mass is 10.2. The van der Waals surface area contributed by atoms with Gasteiger partial charge in [-0.1, -0.05) is 11.8 Å². The first-order valence-electron chi connectivity index (χ1n) is 8.06. The Morgan fingerprint density at radius 3 is 2.54 bits per heavy atom. The van der Waals surface area contributed by atoms with E-state index in [-0.39, 0.29) is 5.91 Å². The van der Waals surface area contributed by atoms with Crippen LogP contribution in [0.5, 0.6) is 0 Å². The number of carbonyl (C=O) groups is 1. The molecule has 134 valence electrons. The van der Waals surface area contributed by atoms with Gasteiger partial charge in [0.25, 0.3) is 5.91 Å². The number of hydrogen-bond donors (Lipinski definition) is 3. The highest BCUT2D eigenvalue weighted by Crippen LogP contribution is 2.15. The maximum Gasteiger partial charge on any atom is 0.251 e. The Kier molecular flexibility index (Phi) is 5.80. The highest BCUT2D eigenvalue weighted by molar-refractivity contribution is 7.99. The first-order chi connectivity index (χ1) is 12.6. The third-order valence-corrected chi connectivity index (χ3v) is 4.28. The molecule has 0 unspecified atom stereocenters. The lowest BCUT2D eigenvalue weighted by Crippen LogP contribution is -2.25. The minimum atomic E-state index is -0.114. The van der Waals surface area contributed by atoms with Gasteiger partial charge in [0, 0.05) is 34.9 Å². The van der Waals surface area contributed by atoms with Crippen molar-refractivity contribution < 1.29 is 4.79 Å². The number of nitrogens with one attached hydrogen (secondary N) is 3. The highest BCUT2D eigenvalue weighted by Gasteiger charge is 2.06. The smallest absolute Gasteiger partial charge is 0.251 e. The van der Waals surface area contributed by atoms with Gasteiger partial charge < -0.3 is 10.6 Å². The molecule has 0 saturated heterocycles. The van der Waals surface area contributed by atoms with Crippen LogP contribution in [0.1, 0.15) is 21.7 Å². The average molecular weight is 369 g/mol. The van der Waals surface area contributed by atoms with Crippen molar-refractivity contribution in [2.45, 2.75) is 19.0 Å². The summed E-state index contributed by atoms with van der Waals surface area (Å²) in [5.74, 6) is 1.14. The number of carbonyl (C=O) groups excluding carboxylic acids is 1. The maximum atomic E-state index is 12.2. The topological polar surface area (TPSA) is 108 Å². The van der Waals surface area contributed by atoms with E-state index in [9.17, 15) is 4.79 Å². The Morgan fingerprint density at radius 1 is 1.15 bits per heavy atom. The summed E-state index contributed by atoms with van der Waals surface area (Å²) in [6, 6.07) is 9.12.